The van der Waals surface area contributed by atoms with Gasteiger partial charge in [0.1, 0.15) is 0 Å². The molecule has 0 bridgehead atoms. The number of allylic oxidation sites excluding steroid dienone is 2. The van der Waals surface area contributed by atoms with Gasteiger partial charge in [-0.15, -0.1) is 0 Å². The van der Waals surface area contributed by atoms with Gasteiger partial charge in [-0.05, 0) is 25.5 Å². The highest BCUT2D eigenvalue weighted by Gasteiger charge is 2.42. The molecule has 0 aromatic rings. The molecule has 13 heavy (non-hydrogen) atoms. The van der Waals surface area contributed by atoms with Crippen LogP contribution in [0, 0.1) is 0 Å². The lowest BCUT2D eigenvalue weighted by molar-refractivity contribution is -0.172. The van der Waals surface area contributed by atoms with Gasteiger partial charge in [0.05, 0.1) is 7.11 Å². The van der Waals surface area contributed by atoms with Crippen LogP contribution in [0.5, 0.6) is 0 Å². The Bertz CT molecular complexity index is 283. The van der Waals surface area contributed by atoms with Crippen LogP contribution in [-0.2, 0) is 9.53 Å². The van der Waals surface area contributed by atoms with E-state index in [1.54, 1.807) is 26.0 Å². The van der Waals surface area contributed by atoms with Crippen LogP contribution in [0.3, 0.4) is 0 Å². The fraction of sp³-hybridized carbons (Fsp3) is 0.444. The van der Waals surface area contributed by atoms with Gasteiger partial charge in [-0.2, -0.15) is 0 Å². The third-order valence-electron chi connectivity index (χ3n) is 2.38. The second-order valence-electron chi connectivity index (χ2n) is 3.10. The van der Waals surface area contributed by atoms with E-state index in [2.05, 4.69) is 4.74 Å². The van der Waals surface area contributed by atoms with Crippen molar-refractivity contribution in [3.05, 3.63) is 23.9 Å². The second-order valence-corrected chi connectivity index (χ2v) is 3.10. The lowest BCUT2D eigenvalue weighted by Crippen LogP contribution is -2.50. The molecule has 72 valence electrons. The van der Waals surface area contributed by atoms with Gasteiger partial charge in [0.25, 0.3) is 0 Å². The Morgan fingerprint density at radius 3 is 2.77 bits per heavy atom. The Kier molecular flexibility index (Phi) is 2.43. The number of esters is 1. The maximum atomic E-state index is 11.4. The fourth-order valence-electron chi connectivity index (χ4n) is 1.21. The number of nitrogens with zero attached hydrogens (tertiary/aromatic N) is 1. The Morgan fingerprint density at radius 1 is 1.69 bits per heavy atom. The molecule has 0 fully saturated rings. The van der Waals surface area contributed by atoms with E-state index in [0.717, 1.165) is 10.6 Å². The summed E-state index contributed by atoms with van der Waals surface area (Å²) in [6, 6.07) is 0. The first-order valence-corrected chi connectivity index (χ1v) is 3.95. The summed E-state index contributed by atoms with van der Waals surface area (Å²) in [5.41, 5.74) is -0.354. The maximum Gasteiger partial charge on any atom is 0.338 e. The quantitative estimate of drug-likeness (QED) is 0.618. The van der Waals surface area contributed by atoms with Crippen LogP contribution in [0.4, 0.5) is 0 Å². The zero-order valence-corrected chi connectivity index (χ0v) is 7.94. The Balaban J connectivity index is 3.06. The molecule has 1 atom stereocenters. The molecule has 0 aromatic heterocycles. The number of methoxy groups -OCH3 is 1. The zero-order chi connectivity index (χ0) is 10.1. The van der Waals surface area contributed by atoms with Gasteiger partial charge in [0.15, 0.2) is 5.54 Å². The second kappa shape index (κ2) is 3.22. The fourth-order valence-corrected chi connectivity index (χ4v) is 1.21. The number of carbonyl (C=O) groups excluding carboxylic acids is 1. The first-order valence-electron chi connectivity index (χ1n) is 3.95. The highest BCUT2D eigenvalue weighted by molar-refractivity contribution is 5.84. The largest absolute Gasteiger partial charge is 0.467 e. The van der Waals surface area contributed by atoms with E-state index < -0.39 is 11.5 Å². The molecule has 0 radical (unpaired) electrons. The molecule has 0 aliphatic carbocycles. The van der Waals surface area contributed by atoms with Crippen LogP contribution >= 0.6 is 0 Å². The predicted molar refractivity (Wildman–Crippen MR) is 46.9 cm³/mol. The summed E-state index contributed by atoms with van der Waals surface area (Å²) < 4.78 is 4.62. The molecule has 1 aliphatic heterocycles. The van der Waals surface area contributed by atoms with E-state index in [0.29, 0.717) is 0 Å². The summed E-state index contributed by atoms with van der Waals surface area (Å²) >= 11 is 0. The van der Waals surface area contributed by atoms with Gasteiger partial charge in [-0.25, -0.2) is 9.86 Å². The molecule has 1 N–H and O–H groups in total. The van der Waals surface area contributed by atoms with Crippen LogP contribution in [0.1, 0.15) is 13.8 Å². The molecule has 0 aromatic carbocycles. The number of carbonyl (C=O) groups is 1. The average molecular weight is 183 g/mol. The predicted octanol–water partition coefficient (Wildman–Crippen LogP) is 1.08. The SMILES string of the molecule is COC(=O)C1(C)C(C)=CC=CN1O. The molecule has 4 heteroatoms. The smallest absolute Gasteiger partial charge is 0.338 e. The third kappa shape index (κ3) is 1.33. The van der Waals surface area contributed by atoms with Gasteiger partial charge >= 0.3 is 5.97 Å². The summed E-state index contributed by atoms with van der Waals surface area (Å²) in [6.45, 7) is 3.37. The lowest BCUT2D eigenvalue weighted by atomic mass is 9.90. The summed E-state index contributed by atoms with van der Waals surface area (Å²) in [5, 5.41) is 10.4. The topological polar surface area (TPSA) is 49.8 Å². The van der Waals surface area contributed by atoms with E-state index in [9.17, 15) is 10.0 Å². The zero-order valence-electron chi connectivity index (χ0n) is 7.94. The third-order valence-corrected chi connectivity index (χ3v) is 2.38. The number of ether oxygens (including phenoxy) is 1. The van der Waals surface area contributed by atoms with Crippen molar-refractivity contribution < 1.29 is 14.7 Å². The Hall–Kier alpha value is -1.29. The van der Waals surface area contributed by atoms with E-state index in [-0.39, 0.29) is 0 Å². The van der Waals surface area contributed by atoms with Crippen LogP contribution in [0.2, 0.25) is 0 Å². The van der Waals surface area contributed by atoms with Crippen LogP contribution in [-0.4, -0.2) is 28.9 Å². The first kappa shape index (κ1) is 9.80. The molecule has 4 nitrogen and oxygen atoms in total. The van der Waals surface area contributed by atoms with Gasteiger partial charge in [-0.3, -0.25) is 5.21 Å². The number of rotatable bonds is 1. The number of hydrogen-bond acceptors (Lipinski definition) is 4. The minimum Gasteiger partial charge on any atom is -0.467 e. The molecular weight excluding hydrogens is 170 g/mol. The highest BCUT2D eigenvalue weighted by Crippen LogP contribution is 2.27. The van der Waals surface area contributed by atoms with E-state index in [1.807, 2.05) is 0 Å². The first-order chi connectivity index (χ1) is 6.03. The standard InChI is InChI=1S/C9H13NO3/c1-7-5-4-6-10(12)9(7,2)8(11)13-3/h4-6,12H,1-3H3. The van der Waals surface area contributed by atoms with E-state index in [4.69, 9.17) is 0 Å². The van der Waals surface area contributed by atoms with Crippen molar-refractivity contribution in [2.45, 2.75) is 19.4 Å². The summed E-state index contributed by atoms with van der Waals surface area (Å²) in [7, 11) is 1.30. The molecule has 0 saturated heterocycles. The van der Waals surface area contributed by atoms with Gasteiger partial charge < -0.3 is 4.74 Å². The summed E-state index contributed by atoms with van der Waals surface area (Å²) in [6.07, 6.45) is 4.85. The van der Waals surface area contributed by atoms with E-state index >= 15 is 0 Å². The van der Waals surface area contributed by atoms with Crippen molar-refractivity contribution in [1.82, 2.24) is 5.06 Å². The van der Waals surface area contributed by atoms with Crippen LogP contribution in [0.25, 0.3) is 0 Å². The van der Waals surface area contributed by atoms with Gasteiger partial charge in [-0.1, -0.05) is 6.08 Å². The summed E-state index contributed by atoms with van der Waals surface area (Å²) in [5.74, 6) is -0.479. The van der Waals surface area contributed by atoms with Gasteiger partial charge in [0, 0.05) is 6.20 Å². The van der Waals surface area contributed by atoms with Crippen molar-refractivity contribution in [3.63, 3.8) is 0 Å². The molecular formula is C9H13NO3. The number of hydrogen-bond donors (Lipinski definition) is 1. The van der Waals surface area contributed by atoms with Crippen LogP contribution in [0.15, 0.2) is 23.9 Å². The molecule has 1 aliphatic rings. The van der Waals surface area contributed by atoms with Crippen molar-refractivity contribution in [1.29, 1.82) is 0 Å². The Labute approximate surface area is 77.1 Å². The molecule has 0 spiro atoms. The molecule has 1 rings (SSSR count). The van der Waals surface area contributed by atoms with Crippen molar-refractivity contribution >= 4 is 5.97 Å². The lowest BCUT2D eigenvalue weighted by Gasteiger charge is -2.35. The summed E-state index contributed by atoms with van der Waals surface area (Å²) in [4.78, 5) is 11.4. The van der Waals surface area contributed by atoms with E-state index in [1.165, 1.54) is 13.3 Å². The van der Waals surface area contributed by atoms with Crippen molar-refractivity contribution in [3.8, 4) is 0 Å². The highest BCUT2D eigenvalue weighted by atomic mass is 16.5. The van der Waals surface area contributed by atoms with Gasteiger partial charge in [0.2, 0.25) is 0 Å². The molecule has 0 amide bonds. The minimum atomic E-state index is -1.09. The normalized spacial score (nSPS) is 27.1. The minimum absolute atomic E-state index is 0.479. The number of hydroxylamine groups is 2. The van der Waals surface area contributed by atoms with Crippen LogP contribution < -0.4 is 0 Å². The monoisotopic (exact) mass is 183 g/mol. The molecule has 1 heterocycles. The Morgan fingerprint density at radius 2 is 2.31 bits per heavy atom. The maximum absolute atomic E-state index is 11.4. The average Bonchev–Trinajstić information content (AvgIpc) is 2.12. The molecule has 0 saturated carbocycles. The van der Waals surface area contributed by atoms with Crippen molar-refractivity contribution in [2.75, 3.05) is 7.11 Å². The van der Waals surface area contributed by atoms with Crippen molar-refractivity contribution in [2.24, 2.45) is 0 Å². The molecule has 1 unspecified atom stereocenters.